The summed E-state index contributed by atoms with van der Waals surface area (Å²) in [6, 6.07) is 7.96. The molecule has 100 valence electrons. The smallest absolute Gasteiger partial charge is 0.320 e. The molecule has 4 nitrogen and oxygen atoms in total. The molecular formula is C13H18BrNO3. The van der Waals surface area contributed by atoms with Crippen LogP contribution in [0.2, 0.25) is 0 Å². The van der Waals surface area contributed by atoms with Crippen LogP contribution in [0.25, 0.3) is 0 Å². The molecule has 0 heterocycles. The Morgan fingerprint density at radius 2 is 2.17 bits per heavy atom. The Hall–Kier alpha value is -1.07. The number of alkyl halides is 1. The molecule has 0 aliphatic carbocycles. The van der Waals surface area contributed by atoms with Crippen molar-refractivity contribution in [2.75, 3.05) is 20.8 Å². The van der Waals surface area contributed by atoms with Gasteiger partial charge in [0.05, 0.1) is 14.2 Å². The molecule has 0 fully saturated rings. The topological polar surface area (TPSA) is 47.6 Å². The molecule has 1 aromatic carbocycles. The lowest BCUT2D eigenvalue weighted by atomic mass is 10.1. The Labute approximate surface area is 116 Å². The van der Waals surface area contributed by atoms with Crippen LogP contribution in [0.3, 0.4) is 0 Å². The summed E-state index contributed by atoms with van der Waals surface area (Å²) >= 11 is 3.27. The fraction of sp³-hybridized carbons (Fsp3) is 0.462. The Morgan fingerprint density at radius 1 is 1.44 bits per heavy atom. The van der Waals surface area contributed by atoms with Crippen molar-refractivity contribution in [3.8, 4) is 5.75 Å². The monoisotopic (exact) mass is 315 g/mol. The van der Waals surface area contributed by atoms with Gasteiger partial charge < -0.3 is 14.8 Å². The van der Waals surface area contributed by atoms with Crippen LogP contribution in [-0.4, -0.2) is 31.6 Å². The second kappa shape index (κ2) is 7.38. The molecule has 1 N–H and O–H groups in total. The van der Waals surface area contributed by atoms with Crippen molar-refractivity contribution in [2.24, 2.45) is 0 Å². The molecule has 1 aromatic rings. The summed E-state index contributed by atoms with van der Waals surface area (Å²) in [6.07, 6.45) is 0. The summed E-state index contributed by atoms with van der Waals surface area (Å²) in [4.78, 5) is 10.9. The van der Waals surface area contributed by atoms with Crippen molar-refractivity contribution in [3.05, 3.63) is 29.8 Å². The van der Waals surface area contributed by atoms with E-state index in [1.165, 1.54) is 7.11 Å². The van der Waals surface area contributed by atoms with E-state index in [1.54, 1.807) is 7.11 Å². The van der Waals surface area contributed by atoms with Crippen LogP contribution in [0, 0.1) is 0 Å². The maximum absolute atomic E-state index is 11.2. The fourth-order valence-electron chi connectivity index (χ4n) is 1.52. The molecule has 0 amide bonds. The minimum Gasteiger partial charge on any atom is -0.497 e. The molecule has 1 rings (SSSR count). The first-order chi connectivity index (χ1) is 8.58. The highest BCUT2D eigenvalue weighted by Crippen LogP contribution is 2.18. The number of ether oxygens (including phenoxy) is 2. The first-order valence-electron chi connectivity index (χ1n) is 5.67. The number of hydrogen-bond donors (Lipinski definition) is 1. The van der Waals surface area contributed by atoms with Crippen LogP contribution >= 0.6 is 15.9 Å². The van der Waals surface area contributed by atoms with E-state index in [2.05, 4.69) is 26.0 Å². The van der Waals surface area contributed by atoms with Crippen molar-refractivity contribution in [2.45, 2.75) is 17.8 Å². The van der Waals surface area contributed by atoms with Crippen LogP contribution in [0.5, 0.6) is 5.75 Å². The molecule has 2 atom stereocenters. The van der Waals surface area contributed by atoms with Crippen molar-refractivity contribution in [1.29, 1.82) is 0 Å². The van der Waals surface area contributed by atoms with Gasteiger partial charge in [-0.25, -0.2) is 0 Å². The zero-order valence-corrected chi connectivity index (χ0v) is 12.4. The Kier molecular flexibility index (Phi) is 6.15. The molecule has 18 heavy (non-hydrogen) atoms. The molecular weight excluding hydrogens is 298 g/mol. The van der Waals surface area contributed by atoms with E-state index in [1.807, 2.05) is 31.2 Å². The van der Waals surface area contributed by atoms with Crippen molar-refractivity contribution in [3.63, 3.8) is 0 Å². The zero-order valence-electron chi connectivity index (χ0n) is 10.8. The summed E-state index contributed by atoms with van der Waals surface area (Å²) in [5, 5.41) is 3.26. The van der Waals surface area contributed by atoms with Crippen molar-refractivity contribution < 1.29 is 14.3 Å². The quantitative estimate of drug-likeness (QED) is 0.646. The van der Waals surface area contributed by atoms with E-state index in [0.29, 0.717) is 6.54 Å². The highest BCUT2D eigenvalue weighted by atomic mass is 79.9. The lowest BCUT2D eigenvalue weighted by molar-refractivity contribution is -0.139. The van der Waals surface area contributed by atoms with E-state index in [0.717, 1.165) is 11.3 Å². The standard InChI is InChI=1S/C13H18BrNO3/c1-9(15-8-12(14)13(16)18-3)10-5-4-6-11(7-10)17-2/h4-7,9,12,15H,8H2,1-3H3/t9-,12?/m0/s1. The summed E-state index contributed by atoms with van der Waals surface area (Å²) in [5.41, 5.74) is 1.11. The largest absolute Gasteiger partial charge is 0.497 e. The number of nitrogens with one attached hydrogen (secondary N) is 1. The van der Waals surface area contributed by atoms with Gasteiger partial charge in [0.15, 0.2) is 0 Å². The first-order valence-corrected chi connectivity index (χ1v) is 6.59. The maximum Gasteiger partial charge on any atom is 0.320 e. The predicted octanol–water partition coefficient (Wildman–Crippen LogP) is 2.28. The van der Waals surface area contributed by atoms with Gasteiger partial charge in [-0.15, -0.1) is 0 Å². The third kappa shape index (κ3) is 4.31. The van der Waals surface area contributed by atoms with Gasteiger partial charge in [0, 0.05) is 12.6 Å². The molecule has 0 saturated carbocycles. The van der Waals surface area contributed by atoms with E-state index in [9.17, 15) is 4.79 Å². The molecule has 0 aromatic heterocycles. The molecule has 0 aliphatic heterocycles. The van der Waals surface area contributed by atoms with E-state index >= 15 is 0 Å². The van der Waals surface area contributed by atoms with Crippen LogP contribution in [-0.2, 0) is 9.53 Å². The number of hydrogen-bond acceptors (Lipinski definition) is 4. The summed E-state index contributed by atoms with van der Waals surface area (Å²) in [5.74, 6) is 0.546. The minimum absolute atomic E-state index is 0.129. The van der Waals surface area contributed by atoms with Crippen LogP contribution in [0.15, 0.2) is 24.3 Å². The normalized spacial score (nSPS) is 13.8. The van der Waals surface area contributed by atoms with Gasteiger partial charge in [0.1, 0.15) is 10.6 Å². The zero-order chi connectivity index (χ0) is 13.5. The predicted molar refractivity (Wildman–Crippen MR) is 74.1 cm³/mol. The van der Waals surface area contributed by atoms with Gasteiger partial charge in [0.25, 0.3) is 0 Å². The lowest BCUT2D eigenvalue weighted by Gasteiger charge is -2.16. The van der Waals surface area contributed by atoms with Gasteiger partial charge in [-0.1, -0.05) is 28.1 Å². The van der Waals surface area contributed by atoms with Gasteiger partial charge in [0.2, 0.25) is 0 Å². The number of carbonyl (C=O) groups is 1. The summed E-state index contributed by atoms with van der Waals surface area (Å²) in [7, 11) is 3.02. The van der Waals surface area contributed by atoms with Crippen LogP contribution in [0.1, 0.15) is 18.5 Å². The lowest BCUT2D eigenvalue weighted by Crippen LogP contribution is -2.31. The van der Waals surface area contributed by atoms with Crippen LogP contribution < -0.4 is 10.1 Å². The second-order valence-corrected chi connectivity index (χ2v) is 5.00. The van der Waals surface area contributed by atoms with Gasteiger partial charge >= 0.3 is 5.97 Å². The number of methoxy groups -OCH3 is 2. The summed E-state index contributed by atoms with van der Waals surface area (Å²) < 4.78 is 9.82. The molecule has 1 unspecified atom stereocenters. The van der Waals surface area contributed by atoms with Crippen molar-refractivity contribution >= 4 is 21.9 Å². The Morgan fingerprint density at radius 3 is 2.78 bits per heavy atom. The highest BCUT2D eigenvalue weighted by Gasteiger charge is 2.16. The average Bonchev–Trinajstić information content (AvgIpc) is 2.43. The van der Waals surface area contributed by atoms with E-state index in [-0.39, 0.29) is 16.8 Å². The van der Waals surface area contributed by atoms with Crippen LogP contribution in [0.4, 0.5) is 0 Å². The van der Waals surface area contributed by atoms with Crippen molar-refractivity contribution in [1.82, 2.24) is 5.32 Å². The molecule has 0 spiro atoms. The number of rotatable bonds is 6. The molecule has 0 saturated heterocycles. The third-order valence-corrected chi connectivity index (χ3v) is 3.35. The summed E-state index contributed by atoms with van der Waals surface area (Å²) in [6.45, 7) is 2.54. The maximum atomic E-state index is 11.2. The number of esters is 1. The molecule has 5 heteroatoms. The molecule has 0 aliphatic rings. The minimum atomic E-state index is -0.337. The molecule has 0 bridgehead atoms. The highest BCUT2D eigenvalue weighted by molar-refractivity contribution is 9.10. The Bertz CT molecular complexity index is 398. The van der Waals surface area contributed by atoms with E-state index in [4.69, 9.17) is 4.74 Å². The van der Waals surface area contributed by atoms with Gasteiger partial charge in [-0.05, 0) is 24.6 Å². The van der Waals surface area contributed by atoms with E-state index < -0.39 is 0 Å². The Balaban J connectivity index is 2.54. The third-order valence-electron chi connectivity index (χ3n) is 2.65. The fourth-order valence-corrected chi connectivity index (χ4v) is 1.89. The number of benzene rings is 1. The van der Waals surface area contributed by atoms with Gasteiger partial charge in [-0.2, -0.15) is 0 Å². The average molecular weight is 316 g/mol. The van der Waals surface area contributed by atoms with Gasteiger partial charge in [-0.3, -0.25) is 4.79 Å². The first kappa shape index (κ1) is 15.0. The molecule has 0 radical (unpaired) electrons. The second-order valence-electron chi connectivity index (χ2n) is 3.90. The number of halogens is 1. The SMILES string of the molecule is COC(=O)C(Br)CN[C@@H](C)c1cccc(OC)c1. The number of carbonyl (C=O) groups excluding carboxylic acids is 1.